The Bertz CT molecular complexity index is 295. The molecule has 1 aliphatic rings. The maximum Gasteiger partial charge on any atom is 0.0495 e. The fourth-order valence-corrected chi connectivity index (χ4v) is 2.41. The largest absolute Gasteiger partial charge is 0.247 e. The lowest BCUT2D eigenvalue weighted by atomic mass is 9.97. The smallest absolute Gasteiger partial charge is 0.0495 e. The number of hydrogen-bond acceptors (Lipinski definition) is 2. The normalized spacial score (nSPS) is 23.3. The highest BCUT2D eigenvalue weighted by atomic mass is 15.6. The number of hydrazine groups is 1. The van der Waals surface area contributed by atoms with E-state index in [1.54, 1.807) is 0 Å². The summed E-state index contributed by atoms with van der Waals surface area (Å²) in [6, 6.07) is 11.4. The van der Waals surface area contributed by atoms with Crippen LogP contribution in [-0.2, 0) is 0 Å². The third-order valence-electron chi connectivity index (χ3n) is 3.17. The molecule has 0 radical (unpaired) electrons. The second kappa shape index (κ2) is 4.77. The van der Waals surface area contributed by atoms with Crippen LogP contribution in [0.15, 0.2) is 30.3 Å². The summed E-state index contributed by atoms with van der Waals surface area (Å²) < 4.78 is 0. The van der Waals surface area contributed by atoms with Gasteiger partial charge in [-0.05, 0) is 18.4 Å². The van der Waals surface area contributed by atoms with E-state index in [9.17, 15) is 0 Å². The van der Waals surface area contributed by atoms with Gasteiger partial charge in [-0.15, -0.1) is 0 Å². The van der Waals surface area contributed by atoms with E-state index >= 15 is 0 Å². The Kier molecular flexibility index (Phi) is 3.39. The molecule has 2 nitrogen and oxygen atoms in total. The summed E-state index contributed by atoms with van der Waals surface area (Å²) in [5.41, 5.74) is 1.45. The van der Waals surface area contributed by atoms with Crippen LogP contribution in [0.4, 0.5) is 0 Å². The Balaban J connectivity index is 2.18. The zero-order chi connectivity index (χ0) is 10.7. The lowest BCUT2D eigenvalue weighted by molar-refractivity contribution is -0.0411. The first-order valence-electron chi connectivity index (χ1n) is 5.78. The molecule has 15 heavy (non-hydrogen) atoms. The van der Waals surface area contributed by atoms with Crippen LogP contribution in [0.1, 0.15) is 30.9 Å². The maximum atomic E-state index is 2.47. The molecule has 1 fully saturated rings. The second-order valence-corrected chi connectivity index (χ2v) is 4.43. The fraction of sp³-hybridized carbons (Fsp3) is 0.538. The van der Waals surface area contributed by atoms with Crippen LogP contribution in [-0.4, -0.2) is 30.7 Å². The van der Waals surface area contributed by atoms with Crippen molar-refractivity contribution in [1.82, 2.24) is 10.0 Å². The van der Waals surface area contributed by atoms with Gasteiger partial charge in [0.2, 0.25) is 0 Å². The molecule has 0 aromatic heterocycles. The molecule has 1 atom stereocenters. The van der Waals surface area contributed by atoms with Crippen LogP contribution in [0.25, 0.3) is 0 Å². The summed E-state index contributed by atoms with van der Waals surface area (Å²) in [5, 5.41) is 4.70. The van der Waals surface area contributed by atoms with E-state index in [-0.39, 0.29) is 0 Å². The highest BCUT2D eigenvalue weighted by molar-refractivity contribution is 5.19. The Labute approximate surface area is 92.5 Å². The quantitative estimate of drug-likeness (QED) is 0.731. The molecule has 1 aromatic carbocycles. The summed E-state index contributed by atoms with van der Waals surface area (Å²) in [7, 11) is 4.28. The molecule has 2 rings (SSSR count). The molecule has 0 aliphatic carbocycles. The number of hydrogen-bond donors (Lipinski definition) is 0. The number of nitrogens with zero attached hydrogens (tertiary/aromatic N) is 2. The van der Waals surface area contributed by atoms with E-state index < -0.39 is 0 Å². The van der Waals surface area contributed by atoms with Crippen molar-refractivity contribution in [2.75, 3.05) is 20.6 Å². The number of piperidine rings is 1. The van der Waals surface area contributed by atoms with E-state index in [1.165, 1.54) is 31.4 Å². The van der Waals surface area contributed by atoms with Gasteiger partial charge in [0, 0.05) is 26.7 Å². The van der Waals surface area contributed by atoms with Gasteiger partial charge in [-0.3, -0.25) is 0 Å². The van der Waals surface area contributed by atoms with Gasteiger partial charge in [0.1, 0.15) is 0 Å². The van der Waals surface area contributed by atoms with Crippen molar-refractivity contribution < 1.29 is 0 Å². The van der Waals surface area contributed by atoms with E-state index in [2.05, 4.69) is 54.4 Å². The third kappa shape index (κ3) is 2.39. The van der Waals surface area contributed by atoms with Crippen LogP contribution in [0.2, 0.25) is 0 Å². The zero-order valence-corrected chi connectivity index (χ0v) is 9.69. The Morgan fingerprint density at radius 2 is 1.87 bits per heavy atom. The van der Waals surface area contributed by atoms with Crippen molar-refractivity contribution in [2.24, 2.45) is 0 Å². The average Bonchev–Trinajstić information content (AvgIpc) is 2.30. The summed E-state index contributed by atoms with van der Waals surface area (Å²) in [6.07, 6.45) is 3.95. The predicted molar refractivity (Wildman–Crippen MR) is 63.4 cm³/mol. The molecule has 2 heteroatoms. The van der Waals surface area contributed by atoms with Crippen LogP contribution in [0, 0.1) is 0 Å². The van der Waals surface area contributed by atoms with Gasteiger partial charge in [0.05, 0.1) is 0 Å². The van der Waals surface area contributed by atoms with Crippen LogP contribution < -0.4 is 0 Å². The van der Waals surface area contributed by atoms with Gasteiger partial charge >= 0.3 is 0 Å². The molecule has 1 aliphatic heterocycles. The van der Waals surface area contributed by atoms with Gasteiger partial charge < -0.3 is 0 Å². The van der Waals surface area contributed by atoms with Crippen molar-refractivity contribution in [3.63, 3.8) is 0 Å². The zero-order valence-electron chi connectivity index (χ0n) is 9.69. The predicted octanol–water partition coefficient (Wildman–Crippen LogP) is 2.69. The lowest BCUT2D eigenvalue weighted by Crippen LogP contribution is -2.42. The Morgan fingerprint density at radius 3 is 2.53 bits per heavy atom. The molecule has 1 saturated heterocycles. The minimum Gasteiger partial charge on any atom is -0.247 e. The molecule has 0 N–H and O–H groups in total. The fourth-order valence-electron chi connectivity index (χ4n) is 2.41. The molecule has 1 heterocycles. The number of benzene rings is 1. The highest BCUT2D eigenvalue weighted by Crippen LogP contribution is 2.30. The van der Waals surface area contributed by atoms with Crippen molar-refractivity contribution >= 4 is 0 Å². The highest BCUT2D eigenvalue weighted by Gasteiger charge is 2.24. The Hall–Kier alpha value is -0.860. The summed E-state index contributed by atoms with van der Waals surface area (Å²) in [4.78, 5) is 0. The van der Waals surface area contributed by atoms with Gasteiger partial charge in [-0.25, -0.2) is 10.0 Å². The molecule has 0 bridgehead atoms. The first kappa shape index (κ1) is 10.7. The molecule has 0 spiro atoms. The minimum atomic E-state index is 0.579. The molecular weight excluding hydrogens is 184 g/mol. The summed E-state index contributed by atoms with van der Waals surface area (Å²) in [6.45, 7) is 1.19. The van der Waals surface area contributed by atoms with Crippen LogP contribution in [0.5, 0.6) is 0 Å². The third-order valence-corrected chi connectivity index (χ3v) is 3.17. The first-order valence-corrected chi connectivity index (χ1v) is 5.78. The van der Waals surface area contributed by atoms with Gasteiger partial charge in [-0.2, -0.15) is 0 Å². The van der Waals surface area contributed by atoms with Crippen LogP contribution >= 0.6 is 0 Å². The molecule has 0 saturated carbocycles. The standard InChI is InChI=1S/C13H20N2/c1-14(2)15-11-7-6-10-13(15)12-8-4-3-5-9-12/h3-5,8-9,13H,6-7,10-11H2,1-2H3. The summed E-state index contributed by atoms with van der Waals surface area (Å²) in [5.74, 6) is 0. The molecular formula is C13H20N2. The van der Waals surface area contributed by atoms with Crippen molar-refractivity contribution in [3.05, 3.63) is 35.9 Å². The van der Waals surface area contributed by atoms with E-state index in [4.69, 9.17) is 0 Å². The topological polar surface area (TPSA) is 6.48 Å². The van der Waals surface area contributed by atoms with E-state index in [0.717, 1.165) is 0 Å². The monoisotopic (exact) mass is 204 g/mol. The number of rotatable bonds is 2. The SMILES string of the molecule is CN(C)N1CCCCC1c1ccccc1. The first-order chi connectivity index (χ1) is 7.29. The second-order valence-electron chi connectivity index (χ2n) is 4.43. The van der Waals surface area contributed by atoms with Crippen LogP contribution in [0.3, 0.4) is 0 Å². The lowest BCUT2D eigenvalue weighted by Gasteiger charge is -2.40. The van der Waals surface area contributed by atoms with Gasteiger partial charge in [0.25, 0.3) is 0 Å². The molecule has 1 unspecified atom stereocenters. The van der Waals surface area contributed by atoms with Gasteiger partial charge in [-0.1, -0.05) is 36.8 Å². The maximum absolute atomic E-state index is 2.47. The summed E-state index contributed by atoms with van der Waals surface area (Å²) >= 11 is 0. The molecule has 0 amide bonds. The molecule has 1 aromatic rings. The van der Waals surface area contributed by atoms with E-state index in [0.29, 0.717) is 6.04 Å². The van der Waals surface area contributed by atoms with E-state index in [1.807, 2.05) is 0 Å². The van der Waals surface area contributed by atoms with Crippen molar-refractivity contribution in [3.8, 4) is 0 Å². The van der Waals surface area contributed by atoms with Gasteiger partial charge in [0.15, 0.2) is 0 Å². The van der Waals surface area contributed by atoms with Crippen molar-refractivity contribution in [1.29, 1.82) is 0 Å². The average molecular weight is 204 g/mol. The molecule has 82 valence electrons. The Morgan fingerprint density at radius 1 is 1.13 bits per heavy atom. The minimum absolute atomic E-state index is 0.579. The van der Waals surface area contributed by atoms with Crippen molar-refractivity contribution in [2.45, 2.75) is 25.3 Å².